The second kappa shape index (κ2) is 5.41. The van der Waals surface area contributed by atoms with Crippen LogP contribution < -0.4 is 10.6 Å². The van der Waals surface area contributed by atoms with Crippen molar-refractivity contribution in [1.82, 2.24) is 10.6 Å². The number of β-amino-alcohol motifs (C(OH)–C–C–N with tert-alkyl or cyclic N) is 1. The SMILES string of the molecule is Cl.O=Cc1ccc([C@]2(O)CNCCN2)cc1. The molecule has 0 bridgehead atoms. The predicted molar refractivity (Wildman–Crippen MR) is 63.8 cm³/mol. The molecule has 2 rings (SSSR count). The lowest BCUT2D eigenvalue weighted by molar-refractivity contribution is -0.0113. The quantitative estimate of drug-likeness (QED) is 0.651. The molecule has 0 amide bonds. The first-order valence-electron chi connectivity index (χ1n) is 4.98. The molecule has 1 aromatic carbocycles. The summed E-state index contributed by atoms with van der Waals surface area (Å²) in [6.07, 6.45) is 0.792. The van der Waals surface area contributed by atoms with Crippen LogP contribution in [0.25, 0.3) is 0 Å². The third-order valence-corrected chi connectivity index (χ3v) is 2.62. The Hall–Kier alpha value is -0.940. The van der Waals surface area contributed by atoms with Crippen LogP contribution in [0, 0.1) is 0 Å². The summed E-state index contributed by atoms with van der Waals surface area (Å²) < 4.78 is 0. The number of nitrogens with one attached hydrogen (secondary N) is 2. The van der Waals surface area contributed by atoms with Crippen molar-refractivity contribution in [3.8, 4) is 0 Å². The second-order valence-corrected chi connectivity index (χ2v) is 3.70. The van der Waals surface area contributed by atoms with Crippen LogP contribution in [-0.4, -0.2) is 31.0 Å². The molecule has 0 saturated carbocycles. The number of benzene rings is 1. The third-order valence-electron chi connectivity index (χ3n) is 2.62. The normalized spacial score (nSPS) is 24.6. The average molecular weight is 243 g/mol. The predicted octanol–water partition coefficient (Wildman–Crippen LogP) is 0.259. The van der Waals surface area contributed by atoms with Crippen LogP contribution in [0.5, 0.6) is 0 Å². The Morgan fingerprint density at radius 3 is 2.44 bits per heavy atom. The van der Waals surface area contributed by atoms with E-state index in [2.05, 4.69) is 10.6 Å². The van der Waals surface area contributed by atoms with Crippen molar-refractivity contribution in [3.63, 3.8) is 0 Å². The number of piperazine rings is 1. The van der Waals surface area contributed by atoms with Gasteiger partial charge in [-0.2, -0.15) is 0 Å². The zero-order chi connectivity index (χ0) is 10.7. The van der Waals surface area contributed by atoms with E-state index in [0.29, 0.717) is 12.1 Å². The van der Waals surface area contributed by atoms with E-state index in [4.69, 9.17) is 0 Å². The van der Waals surface area contributed by atoms with E-state index in [9.17, 15) is 9.90 Å². The molecule has 4 nitrogen and oxygen atoms in total. The first-order valence-corrected chi connectivity index (χ1v) is 4.98. The standard InChI is InChI=1S/C11H14N2O2.ClH/c14-7-9-1-3-10(4-2-9)11(15)8-12-5-6-13-11;/h1-4,7,12-13,15H,5-6,8H2;1H/t11-;/m1./s1. The number of halogens is 1. The molecule has 1 saturated heterocycles. The molecular weight excluding hydrogens is 228 g/mol. The smallest absolute Gasteiger partial charge is 0.154 e. The maximum absolute atomic E-state index is 10.5. The van der Waals surface area contributed by atoms with Gasteiger partial charge in [0.15, 0.2) is 5.72 Å². The zero-order valence-electron chi connectivity index (χ0n) is 8.77. The summed E-state index contributed by atoms with van der Waals surface area (Å²) in [4.78, 5) is 10.5. The number of rotatable bonds is 2. The summed E-state index contributed by atoms with van der Waals surface area (Å²) in [5.41, 5.74) is 0.381. The topological polar surface area (TPSA) is 61.4 Å². The molecular formula is C11H15ClN2O2. The van der Waals surface area contributed by atoms with Crippen molar-refractivity contribution in [2.75, 3.05) is 19.6 Å². The van der Waals surface area contributed by atoms with Crippen LogP contribution in [0.1, 0.15) is 15.9 Å². The van der Waals surface area contributed by atoms with Gasteiger partial charge in [-0.3, -0.25) is 10.1 Å². The summed E-state index contributed by atoms with van der Waals surface area (Å²) in [6.45, 7) is 2.06. The summed E-state index contributed by atoms with van der Waals surface area (Å²) in [7, 11) is 0. The Kier molecular flexibility index (Phi) is 4.44. The van der Waals surface area contributed by atoms with Gasteiger partial charge in [0.25, 0.3) is 0 Å². The van der Waals surface area contributed by atoms with Gasteiger partial charge in [-0.05, 0) is 5.56 Å². The molecule has 0 aromatic heterocycles. The Bertz CT molecular complexity index is 348. The number of aliphatic hydroxyl groups is 1. The highest BCUT2D eigenvalue weighted by atomic mass is 35.5. The van der Waals surface area contributed by atoms with Crippen LogP contribution in [-0.2, 0) is 5.72 Å². The van der Waals surface area contributed by atoms with E-state index in [0.717, 1.165) is 24.9 Å². The van der Waals surface area contributed by atoms with E-state index in [1.54, 1.807) is 24.3 Å². The maximum Gasteiger partial charge on any atom is 0.154 e. The molecule has 88 valence electrons. The number of hydrogen-bond acceptors (Lipinski definition) is 4. The number of aldehydes is 1. The molecule has 1 aromatic rings. The van der Waals surface area contributed by atoms with Crippen LogP contribution >= 0.6 is 12.4 Å². The van der Waals surface area contributed by atoms with Crippen LogP contribution in [0.4, 0.5) is 0 Å². The van der Waals surface area contributed by atoms with Gasteiger partial charge in [-0.1, -0.05) is 24.3 Å². The fraction of sp³-hybridized carbons (Fsp3) is 0.364. The Balaban J connectivity index is 0.00000128. The lowest BCUT2D eigenvalue weighted by Gasteiger charge is -2.34. The molecule has 0 aliphatic carbocycles. The van der Waals surface area contributed by atoms with Crippen molar-refractivity contribution in [2.45, 2.75) is 5.72 Å². The largest absolute Gasteiger partial charge is 0.370 e. The van der Waals surface area contributed by atoms with Gasteiger partial charge in [0.05, 0.1) is 0 Å². The van der Waals surface area contributed by atoms with E-state index < -0.39 is 5.72 Å². The minimum atomic E-state index is -1.01. The Morgan fingerprint density at radius 1 is 1.25 bits per heavy atom. The minimum Gasteiger partial charge on any atom is -0.370 e. The molecule has 0 unspecified atom stereocenters. The number of carbonyl (C=O) groups is 1. The van der Waals surface area contributed by atoms with Gasteiger partial charge < -0.3 is 10.4 Å². The maximum atomic E-state index is 10.5. The highest BCUT2D eigenvalue weighted by Gasteiger charge is 2.30. The average Bonchev–Trinajstić information content (AvgIpc) is 2.30. The highest BCUT2D eigenvalue weighted by Crippen LogP contribution is 2.18. The fourth-order valence-corrected chi connectivity index (χ4v) is 1.73. The van der Waals surface area contributed by atoms with Crippen molar-refractivity contribution in [1.29, 1.82) is 0 Å². The van der Waals surface area contributed by atoms with Gasteiger partial charge in [0.1, 0.15) is 6.29 Å². The number of hydrogen-bond donors (Lipinski definition) is 3. The fourth-order valence-electron chi connectivity index (χ4n) is 1.73. The highest BCUT2D eigenvalue weighted by molar-refractivity contribution is 5.85. The summed E-state index contributed by atoms with van der Waals surface area (Å²) in [6, 6.07) is 6.95. The van der Waals surface area contributed by atoms with E-state index in [-0.39, 0.29) is 12.4 Å². The molecule has 16 heavy (non-hydrogen) atoms. The lowest BCUT2D eigenvalue weighted by atomic mass is 10.00. The van der Waals surface area contributed by atoms with Gasteiger partial charge in [-0.25, -0.2) is 0 Å². The van der Waals surface area contributed by atoms with E-state index in [1.807, 2.05) is 0 Å². The van der Waals surface area contributed by atoms with E-state index >= 15 is 0 Å². The summed E-state index contributed by atoms with van der Waals surface area (Å²) in [5.74, 6) is 0. The van der Waals surface area contributed by atoms with Gasteiger partial charge >= 0.3 is 0 Å². The summed E-state index contributed by atoms with van der Waals surface area (Å²) >= 11 is 0. The Morgan fingerprint density at radius 2 is 1.94 bits per heavy atom. The van der Waals surface area contributed by atoms with Crippen LogP contribution in [0.3, 0.4) is 0 Å². The Labute approximate surface area is 100 Å². The third kappa shape index (κ3) is 2.59. The number of carbonyl (C=O) groups excluding carboxylic acids is 1. The molecule has 1 fully saturated rings. The van der Waals surface area contributed by atoms with Crippen molar-refractivity contribution in [3.05, 3.63) is 35.4 Å². The lowest BCUT2D eigenvalue weighted by Crippen LogP contribution is -2.56. The van der Waals surface area contributed by atoms with Gasteiger partial charge in [0, 0.05) is 25.2 Å². The molecule has 3 N–H and O–H groups in total. The van der Waals surface area contributed by atoms with Crippen LogP contribution in [0.15, 0.2) is 24.3 Å². The monoisotopic (exact) mass is 242 g/mol. The molecule has 5 heteroatoms. The van der Waals surface area contributed by atoms with Crippen molar-refractivity contribution < 1.29 is 9.90 Å². The van der Waals surface area contributed by atoms with Crippen LogP contribution in [0.2, 0.25) is 0 Å². The molecule has 1 heterocycles. The van der Waals surface area contributed by atoms with Crippen molar-refractivity contribution >= 4 is 18.7 Å². The van der Waals surface area contributed by atoms with E-state index in [1.165, 1.54) is 0 Å². The first-order chi connectivity index (χ1) is 7.24. The van der Waals surface area contributed by atoms with Gasteiger partial charge in [-0.15, -0.1) is 12.4 Å². The molecule has 1 atom stereocenters. The molecule has 1 aliphatic rings. The molecule has 0 radical (unpaired) electrons. The summed E-state index contributed by atoms with van der Waals surface area (Å²) in [5, 5.41) is 16.4. The molecule has 1 aliphatic heterocycles. The van der Waals surface area contributed by atoms with Gasteiger partial charge in [0.2, 0.25) is 0 Å². The zero-order valence-corrected chi connectivity index (χ0v) is 9.59. The first kappa shape index (κ1) is 13.1. The minimum absolute atomic E-state index is 0. The van der Waals surface area contributed by atoms with Crippen molar-refractivity contribution in [2.24, 2.45) is 0 Å². The molecule has 0 spiro atoms. The second-order valence-electron chi connectivity index (χ2n) is 3.70.